The maximum atomic E-state index is 13.0. The maximum absolute atomic E-state index is 13.0. The number of rotatable bonds is 6. The fourth-order valence-corrected chi connectivity index (χ4v) is 4.85. The highest BCUT2D eigenvalue weighted by Crippen LogP contribution is 2.34. The average molecular weight is 449 g/mol. The highest BCUT2D eigenvalue weighted by atomic mass is 32.2. The standard InChI is InChI=1S/C24H24N4O3S/c1-3-28-23(16-9-10-21-22(13-16)31-12-6-11-30-21)25-26-24(28)32-15-20(29)18-14-27(2)19-8-5-4-7-17(18)19/h4-5,7-10,13-14H,3,6,11-12,15H2,1-2H3. The lowest BCUT2D eigenvalue weighted by atomic mass is 10.1. The van der Waals surface area contributed by atoms with Crippen LogP contribution in [0.1, 0.15) is 23.7 Å². The van der Waals surface area contributed by atoms with Gasteiger partial charge in [0.05, 0.1) is 19.0 Å². The summed E-state index contributed by atoms with van der Waals surface area (Å²) in [5, 5.41) is 10.5. The molecule has 0 amide bonds. The molecule has 0 saturated heterocycles. The molecular weight excluding hydrogens is 424 g/mol. The molecular formula is C24H24N4O3S. The summed E-state index contributed by atoms with van der Waals surface area (Å²) in [7, 11) is 1.96. The second-order valence-corrected chi connectivity index (χ2v) is 8.59. The summed E-state index contributed by atoms with van der Waals surface area (Å²) in [6, 6.07) is 13.8. The van der Waals surface area contributed by atoms with Gasteiger partial charge in [-0.15, -0.1) is 10.2 Å². The van der Waals surface area contributed by atoms with E-state index >= 15 is 0 Å². The molecule has 8 heteroatoms. The van der Waals surface area contributed by atoms with Crippen LogP contribution in [0.3, 0.4) is 0 Å². The minimum absolute atomic E-state index is 0.0783. The summed E-state index contributed by atoms with van der Waals surface area (Å²) < 4.78 is 15.6. The zero-order chi connectivity index (χ0) is 22.1. The largest absolute Gasteiger partial charge is 0.490 e. The third kappa shape index (κ3) is 3.75. The molecule has 0 fully saturated rings. The van der Waals surface area contributed by atoms with Crippen LogP contribution in [0.2, 0.25) is 0 Å². The summed E-state index contributed by atoms with van der Waals surface area (Å²) in [5.41, 5.74) is 2.70. The SMILES string of the molecule is CCn1c(SCC(=O)c2cn(C)c3ccccc23)nnc1-c1ccc2c(c1)OCCCO2. The lowest BCUT2D eigenvalue weighted by molar-refractivity contribution is 0.102. The van der Waals surface area contributed by atoms with Crippen molar-refractivity contribution < 1.29 is 14.3 Å². The number of aryl methyl sites for hydroxylation is 1. The molecule has 0 spiro atoms. The Morgan fingerprint density at radius 3 is 2.75 bits per heavy atom. The van der Waals surface area contributed by atoms with Crippen molar-refractivity contribution in [2.45, 2.75) is 25.0 Å². The molecule has 0 bridgehead atoms. The van der Waals surface area contributed by atoms with Gasteiger partial charge < -0.3 is 18.6 Å². The number of para-hydroxylation sites is 1. The van der Waals surface area contributed by atoms with Crippen molar-refractivity contribution in [1.29, 1.82) is 0 Å². The number of fused-ring (bicyclic) bond motifs is 2. The molecule has 0 atom stereocenters. The van der Waals surface area contributed by atoms with Crippen molar-refractivity contribution in [3.8, 4) is 22.9 Å². The molecule has 32 heavy (non-hydrogen) atoms. The highest BCUT2D eigenvalue weighted by molar-refractivity contribution is 7.99. The van der Waals surface area contributed by atoms with Gasteiger partial charge in [-0.25, -0.2) is 0 Å². The molecule has 4 aromatic rings. The first kappa shape index (κ1) is 20.6. The number of aromatic nitrogens is 4. The van der Waals surface area contributed by atoms with Crippen molar-refractivity contribution in [3.05, 3.63) is 54.2 Å². The first-order valence-electron chi connectivity index (χ1n) is 10.7. The Balaban J connectivity index is 1.38. The molecule has 2 aromatic carbocycles. The summed E-state index contributed by atoms with van der Waals surface area (Å²) in [6.45, 7) is 4.03. The summed E-state index contributed by atoms with van der Waals surface area (Å²) >= 11 is 1.41. The zero-order valence-corrected chi connectivity index (χ0v) is 18.9. The van der Waals surface area contributed by atoms with Crippen LogP contribution in [0.5, 0.6) is 11.5 Å². The number of ether oxygens (including phenoxy) is 2. The van der Waals surface area contributed by atoms with E-state index < -0.39 is 0 Å². The number of thioether (sulfide) groups is 1. The number of hydrogen-bond acceptors (Lipinski definition) is 6. The second kappa shape index (κ2) is 8.70. The number of hydrogen-bond donors (Lipinski definition) is 0. The monoisotopic (exact) mass is 448 g/mol. The number of nitrogens with zero attached hydrogens (tertiary/aromatic N) is 4. The van der Waals surface area contributed by atoms with Gasteiger partial charge in [0.2, 0.25) is 0 Å². The normalized spacial score (nSPS) is 13.3. The molecule has 0 N–H and O–H groups in total. The van der Waals surface area contributed by atoms with Gasteiger partial charge >= 0.3 is 0 Å². The Morgan fingerprint density at radius 2 is 1.91 bits per heavy atom. The van der Waals surface area contributed by atoms with E-state index in [9.17, 15) is 4.79 Å². The van der Waals surface area contributed by atoms with E-state index in [0.29, 0.717) is 25.5 Å². The molecule has 3 heterocycles. The van der Waals surface area contributed by atoms with Crippen LogP contribution in [0.4, 0.5) is 0 Å². The average Bonchev–Trinajstić information content (AvgIpc) is 3.29. The molecule has 0 saturated carbocycles. The van der Waals surface area contributed by atoms with E-state index in [-0.39, 0.29) is 5.78 Å². The van der Waals surface area contributed by atoms with Crippen LogP contribution in [-0.2, 0) is 13.6 Å². The molecule has 2 aromatic heterocycles. The van der Waals surface area contributed by atoms with Crippen LogP contribution in [0.15, 0.2) is 53.8 Å². The smallest absolute Gasteiger partial charge is 0.191 e. The molecule has 0 unspecified atom stereocenters. The lowest BCUT2D eigenvalue weighted by Crippen LogP contribution is -2.05. The first-order chi connectivity index (χ1) is 15.7. The van der Waals surface area contributed by atoms with Gasteiger partial charge in [-0.2, -0.15) is 0 Å². The van der Waals surface area contributed by atoms with Gasteiger partial charge in [0.1, 0.15) is 0 Å². The molecule has 5 rings (SSSR count). The molecule has 1 aliphatic rings. The van der Waals surface area contributed by atoms with Gasteiger partial charge in [0, 0.05) is 48.2 Å². The Morgan fingerprint density at radius 1 is 1.09 bits per heavy atom. The first-order valence-corrected chi connectivity index (χ1v) is 11.7. The Kier molecular flexibility index (Phi) is 5.61. The van der Waals surface area contributed by atoms with Gasteiger partial charge in [-0.3, -0.25) is 4.79 Å². The van der Waals surface area contributed by atoms with E-state index in [1.165, 1.54) is 11.8 Å². The topological polar surface area (TPSA) is 71.2 Å². The van der Waals surface area contributed by atoms with Crippen molar-refractivity contribution in [2.24, 2.45) is 7.05 Å². The predicted molar refractivity (Wildman–Crippen MR) is 125 cm³/mol. The van der Waals surface area contributed by atoms with E-state index in [4.69, 9.17) is 9.47 Å². The molecule has 1 aliphatic heterocycles. The third-order valence-electron chi connectivity index (χ3n) is 5.57. The zero-order valence-electron chi connectivity index (χ0n) is 18.1. The number of benzene rings is 2. The quantitative estimate of drug-likeness (QED) is 0.317. The number of carbonyl (C=O) groups is 1. The van der Waals surface area contributed by atoms with Crippen LogP contribution in [0, 0.1) is 0 Å². The van der Waals surface area contributed by atoms with Gasteiger partial charge in [0.15, 0.2) is 28.3 Å². The number of ketones is 1. The van der Waals surface area contributed by atoms with E-state index in [0.717, 1.165) is 50.9 Å². The summed E-state index contributed by atoms with van der Waals surface area (Å²) in [6.07, 6.45) is 2.77. The predicted octanol–water partition coefficient (Wildman–Crippen LogP) is 4.59. The summed E-state index contributed by atoms with van der Waals surface area (Å²) in [4.78, 5) is 13.0. The minimum atomic E-state index is 0.0783. The molecule has 7 nitrogen and oxygen atoms in total. The van der Waals surface area contributed by atoms with Crippen LogP contribution in [0.25, 0.3) is 22.3 Å². The van der Waals surface area contributed by atoms with Gasteiger partial charge in [0.25, 0.3) is 0 Å². The number of Topliss-reactive ketones (excluding diaryl/α,β-unsaturated/α-hetero) is 1. The molecule has 0 radical (unpaired) electrons. The van der Waals surface area contributed by atoms with Gasteiger partial charge in [-0.1, -0.05) is 30.0 Å². The fraction of sp³-hybridized carbons (Fsp3) is 0.292. The highest BCUT2D eigenvalue weighted by Gasteiger charge is 2.19. The Hall–Kier alpha value is -3.26. The van der Waals surface area contributed by atoms with E-state index in [2.05, 4.69) is 10.2 Å². The van der Waals surface area contributed by atoms with E-state index in [1.54, 1.807) is 0 Å². The fourth-order valence-electron chi connectivity index (χ4n) is 3.97. The van der Waals surface area contributed by atoms with Crippen molar-refractivity contribution in [2.75, 3.05) is 19.0 Å². The summed E-state index contributed by atoms with van der Waals surface area (Å²) in [5.74, 6) is 2.61. The van der Waals surface area contributed by atoms with Crippen molar-refractivity contribution in [3.63, 3.8) is 0 Å². The van der Waals surface area contributed by atoms with Crippen molar-refractivity contribution >= 4 is 28.4 Å². The third-order valence-corrected chi connectivity index (χ3v) is 6.54. The lowest BCUT2D eigenvalue weighted by Gasteiger charge is -2.10. The Labute approximate surface area is 190 Å². The van der Waals surface area contributed by atoms with Gasteiger partial charge in [-0.05, 0) is 31.2 Å². The number of carbonyl (C=O) groups excluding carboxylic acids is 1. The van der Waals surface area contributed by atoms with E-state index in [1.807, 2.05) is 71.8 Å². The molecule has 164 valence electrons. The van der Waals surface area contributed by atoms with Crippen LogP contribution in [-0.4, -0.2) is 44.1 Å². The maximum Gasteiger partial charge on any atom is 0.191 e. The minimum Gasteiger partial charge on any atom is -0.490 e. The van der Waals surface area contributed by atoms with Crippen molar-refractivity contribution in [1.82, 2.24) is 19.3 Å². The Bertz CT molecular complexity index is 1290. The molecule has 0 aliphatic carbocycles. The van der Waals surface area contributed by atoms with Crippen LogP contribution < -0.4 is 9.47 Å². The van der Waals surface area contributed by atoms with Crippen LogP contribution >= 0.6 is 11.8 Å². The second-order valence-electron chi connectivity index (χ2n) is 7.65.